The molecule has 2 amide bonds. The second-order valence-electron chi connectivity index (χ2n) is 8.28. The lowest BCUT2D eigenvalue weighted by Crippen LogP contribution is -2.53. The Balaban J connectivity index is 2.46. The molecule has 1 atom stereocenters. The number of hydrogen-bond donors (Lipinski definition) is 1. The van der Waals surface area contributed by atoms with Crippen molar-refractivity contribution in [3.8, 4) is 0 Å². The number of anilines is 1. The van der Waals surface area contributed by atoms with Crippen LogP contribution in [0.3, 0.4) is 0 Å². The SMILES string of the molecule is CC[C@H](C(=O)NC(C)C)N(Cc1ccccc1C)C(=O)CN(c1cccc(Cl)c1)S(C)(=O)=O. The zero-order chi connectivity index (χ0) is 24.8. The van der Waals surface area contributed by atoms with Crippen LogP contribution < -0.4 is 9.62 Å². The Morgan fingerprint density at radius 1 is 1.09 bits per heavy atom. The highest BCUT2D eigenvalue weighted by atomic mass is 35.5. The molecule has 2 aromatic rings. The number of carbonyl (C=O) groups is 2. The van der Waals surface area contributed by atoms with Crippen LogP contribution in [-0.2, 0) is 26.2 Å². The van der Waals surface area contributed by atoms with E-state index in [1.54, 1.807) is 18.2 Å². The second kappa shape index (κ2) is 11.5. The molecular weight excluding hydrogens is 462 g/mol. The third-order valence-electron chi connectivity index (χ3n) is 5.19. The van der Waals surface area contributed by atoms with Gasteiger partial charge < -0.3 is 10.2 Å². The summed E-state index contributed by atoms with van der Waals surface area (Å²) in [5.74, 6) is -0.752. The average Bonchev–Trinajstić information content (AvgIpc) is 2.71. The quantitative estimate of drug-likeness (QED) is 0.546. The number of hydrogen-bond acceptors (Lipinski definition) is 4. The number of amides is 2. The molecule has 2 aromatic carbocycles. The summed E-state index contributed by atoms with van der Waals surface area (Å²) in [5.41, 5.74) is 2.15. The highest BCUT2D eigenvalue weighted by molar-refractivity contribution is 7.92. The average molecular weight is 494 g/mol. The molecule has 0 aliphatic carbocycles. The van der Waals surface area contributed by atoms with E-state index in [1.807, 2.05) is 52.0 Å². The predicted octanol–water partition coefficient (Wildman–Crippen LogP) is 3.75. The van der Waals surface area contributed by atoms with Crippen LogP contribution >= 0.6 is 11.6 Å². The Bertz CT molecular complexity index is 1090. The maximum Gasteiger partial charge on any atom is 0.244 e. The van der Waals surface area contributed by atoms with Crippen LogP contribution in [0.1, 0.15) is 38.3 Å². The van der Waals surface area contributed by atoms with E-state index in [2.05, 4.69) is 5.32 Å². The largest absolute Gasteiger partial charge is 0.352 e. The fourth-order valence-electron chi connectivity index (χ4n) is 3.52. The molecule has 0 spiro atoms. The normalized spacial score (nSPS) is 12.3. The van der Waals surface area contributed by atoms with E-state index in [0.717, 1.165) is 21.7 Å². The molecule has 7 nitrogen and oxygen atoms in total. The molecule has 0 aliphatic heterocycles. The van der Waals surface area contributed by atoms with Gasteiger partial charge in [0.25, 0.3) is 0 Å². The minimum atomic E-state index is -3.79. The van der Waals surface area contributed by atoms with Crippen molar-refractivity contribution in [3.63, 3.8) is 0 Å². The van der Waals surface area contributed by atoms with E-state index >= 15 is 0 Å². The Kier molecular flexibility index (Phi) is 9.31. The first-order valence-corrected chi connectivity index (χ1v) is 13.0. The first-order chi connectivity index (χ1) is 15.4. The van der Waals surface area contributed by atoms with Gasteiger partial charge in [0.2, 0.25) is 21.8 Å². The number of nitrogens with zero attached hydrogens (tertiary/aromatic N) is 2. The minimum Gasteiger partial charge on any atom is -0.352 e. The van der Waals surface area contributed by atoms with Gasteiger partial charge in [0.05, 0.1) is 11.9 Å². The Morgan fingerprint density at radius 2 is 1.76 bits per heavy atom. The summed E-state index contributed by atoms with van der Waals surface area (Å²) in [6.07, 6.45) is 1.42. The van der Waals surface area contributed by atoms with E-state index in [4.69, 9.17) is 11.6 Å². The summed E-state index contributed by atoms with van der Waals surface area (Å²) in [6.45, 7) is 7.19. The number of benzene rings is 2. The molecule has 0 radical (unpaired) electrons. The summed E-state index contributed by atoms with van der Waals surface area (Å²) < 4.78 is 26.1. The van der Waals surface area contributed by atoms with Crippen molar-refractivity contribution in [2.75, 3.05) is 17.1 Å². The molecule has 33 heavy (non-hydrogen) atoms. The molecule has 0 aromatic heterocycles. The van der Waals surface area contributed by atoms with E-state index in [9.17, 15) is 18.0 Å². The van der Waals surface area contributed by atoms with Crippen LogP contribution in [0.25, 0.3) is 0 Å². The third kappa shape index (κ3) is 7.47. The monoisotopic (exact) mass is 493 g/mol. The first kappa shape index (κ1) is 26.7. The molecule has 0 saturated heterocycles. The van der Waals surface area contributed by atoms with Gasteiger partial charge >= 0.3 is 0 Å². The Hall–Kier alpha value is -2.58. The fourth-order valence-corrected chi connectivity index (χ4v) is 4.54. The molecule has 0 heterocycles. The topological polar surface area (TPSA) is 86.8 Å². The summed E-state index contributed by atoms with van der Waals surface area (Å²) in [6, 6.07) is 13.1. The molecular formula is C24H32ClN3O4S. The van der Waals surface area contributed by atoms with Gasteiger partial charge in [-0.25, -0.2) is 8.42 Å². The number of rotatable bonds is 10. The summed E-state index contributed by atoms with van der Waals surface area (Å²) >= 11 is 6.06. The molecule has 2 rings (SSSR count). The van der Waals surface area contributed by atoms with Crippen molar-refractivity contribution in [1.82, 2.24) is 10.2 Å². The lowest BCUT2D eigenvalue weighted by Gasteiger charge is -2.33. The molecule has 0 bridgehead atoms. The van der Waals surface area contributed by atoms with Gasteiger partial charge in [0.15, 0.2) is 0 Å². The maximum absolute atomic E-state index is 13.6. The van der Waals surface area contributed by atoms with Gasteiger partial charge in [-0.15, -0.1) is 0 Å². The van der Waals surface area contributed by atoms with Gasteiger partial charge in [-0.3, -0.25) is 13.9 Å². The predicted molar refractivity (Wildman–Crippen MR) is 133 cm³/mol. The highest BCUT2D eigenvalue weighted by Crippen LogP contribution is 2.23. The summed E-state index contributed by atoms with van der Waals surface area (Å²) in [7, 11) is -3.79. The molecule has 180 valence electrons. The van der Waals surface area contributed by atoms with Crippen molar-refractivity contribution in [3.05, 3.63) is 64.7 Å². The first-order valence-electron chi connectivity index (χ1n) is 10.8. The van der Waals surface area contributed by atoms with Crippen molar-refractivity contribution in [2.45, 2.75) is 52.7 Å². The van der Waals surface area contributed by atoms with Gasteiger partial charge in [-0.1, -0.05) is 48.9 Å². The minimum absolute atomic E-state index is 0.0963. The van der Waals surface area contributed by atoms with Crippen molar-refractivity contribution in [1.29, 1.82) is 0 Å². The number of sulfonamides is 1. The van der Waals surface area contributed by atoms with Gasteiger partial charge in [-0.05, 0) is 56.5 Å². The van der Waals surface area contributed by atoms with Crippen LogP contribution in [0.2, 0.25) is 5.02 Å². The fraction of sp³-hybridized carbons (Fsp3) is 0.417. The number of carbonyl (C=O) groups excluding carboxylic acids is 2. The zero-order valence-electron chi connectivity index (χ0n) is 19.7. The molecule has 1 N–H and O–H groups in total. The number of halogens is 1. The van der Waals surface area contributed by atoms with Crippen molar-refractivity contribution < 1.29 is 18.0 Å². The van der Waals surface area contributed by atoms with Crippen molar-refractivity contribution in [2.24, 2.45) is 0 Å². The molecule has 0 unspecified atom stereocenters. The Morgan fingerprint density at radius 3 is 2.30 bits per heavy atom. The summed E-state index contributed by atoms with van der Waals surface area (Å²) in [4.78, 5) is 28.0. The van der Waals surface area contributed by atoms with Gasteiger partial charge in [0, 0.05) is 17.6 Å². The number of aryl methyl sites for hydroxylation is 1. The Labute approximate surface area is 201 Å². The lowest BCUT2D eigenvalue weighted by molar-refractivity contribution is -0.140. The lowest BCUT2D eigenvalue weighted by atomic mass is 10.1. The highest BCUT2D eigenvalue weighted by Gasteiger charge is 2.32. The molecule has 0 aliphatic rings. The third-order valence-corrected chi connectivity index (χ3v) is 6.57. The van der Waals surface area contributed by atoms with E-state index < -0.39 is 28.5 Å². The van der Waals surface area contributed by atoms with Crippen LogP contribution in [0.5, 0.6) is 0 Å². The zero-order valence-corrected chi connectivity index (χ0v) is 21.3. The van der Waals surface area contributed by atoms with Crippen molar-refractivity contribution >= 4 is 39.1 Å². The maximum atomic E-state index is 13.6. The number of nitrogens with one attached hydrogen (secondary N) is 1. The van der Waals surface area contributed by atoms with Gasteiger partial charge in [-0.2, -0.15) is 0 Å². The van der Waals surface area contributed by atoms with E-state index in [0.29, 0.717) is 11.4 Å². The van der Waals surface area contributed by atoms with Crippen LogP contribution in [0, 0.1) is 6.92 Å². The standard InChI is InChI=1S/C24H32ClN3O4S/c1-6-22(24(30)26-17(2)3)27(15-19-11-8-7-10-18(19)4)23(29)16-28(33(5,31)32)21-13-9-12-20(25)14-21/h7-14,17,22H,6,15-16H2,1-5H3,(H,26,30)/t22-/m1/s1. The summed E-state index contributed by atoms with van der Waals surface area (Å²) in [5, 5.41) is 3.22. The molecule has 0 saturated carbocycles. The second-order valence-corrected chi connectivity index (χ2v) is 10.6. The van der Waals surface area contributed by atoms with Gasteiger partial charge in [0.1, 0.15) is 12.6 Å². The van der Waals surface area contributed by atoms with Crippen LogP contribution in [0.4, 0.5) is 5.69 Å². The van der Waals surface area contributed by atoms with Crippen LogP contribution in [-0.4, -0.2) is 50.0 Å². The van der Waals surface area contributed by atoms with Crippen LogP contribution in [0.15, 0.2) is 48.5 Å². The van der Waals surface area contributed by atoms with E-state index in [-0.39, 0.29) is 24.2 Å². The van der Waals surface area contributed by atoms with E-state index in [1.165, 1.54) is 11.0 Å². The molecule has 9 heteroatoms. The smallest absolute Gasteiger partial charge is 0.244 e. The molecule has 0 fully saturated rings.